The van der Waals surface area contributed by atoms with Crippen molar-refractivity contribution in [3.8, 4) is 0 Å². The Labute approximate surface area is 169 Å². The number of pyridine rings is 1. The van der Waals surface area contributed by atoms with Gasteiger partial charge in [-0.1, -0.05) is 13.8 Å². The SMILES string of the molecule is CCCN(CC)C1CCC(C(=O)Nc2c(C=O)oc3ccc(C(=O)O)nc23)CC1. The fourth-order valence-electron chi connectivity index (χ4n) is 4.13. The van der Waals surface area contributed by atoms with Gasteiger partial charge in [0.05, 0.1) is 0 Å². The van der Waals surface area contributed by atoms with Crippen LogP contribution < -0.4 is 5.32 Å². The van der Waals surface area contributed by atoms with Gasteiger partial charge in [-0.05, 0) is 57.3 Å². The Morgan fingerprint density at radius 2 is 2.00 bits per heavy atom. The first kappa shape index (κ1) is 21.0. The number of furan rings is 1. The van der Waals surface area contributed by atoms with Gasteiger partial charge >= 0.3 is 5.97 Å². The lowest BCUT2D eigenvalue weighted by atomic mass is 9.84. The molecule has 0 unspecified atom stereocenters. The number of fused-ring (bicyclic) bond motifs is 1. The maximum Gasteiger partial charge on any atom is 0.354 e. The van der Waals surface area contributed by atoms with Crippen molar-refractivity contribution in [2.24, 2.45) is 5.92 Å². The lowest BCUT2D eigenvalue weighted by Gasteiger charge is -2.35. The number of aldehydes is 1. The predicted molar refractivity (Wildman–Crippen MR) is 108 cm³/mol. The molecule has 0 saturated heterocycles. The summed E-state index contributed by atoms with van der Waals surface area (Å²) in [5.41, 5.74) is 0.400. The molecule has 0 bridgehead atoms. The number of rotatable bonds is 8. The smallest absolute Gasteiger partial charge is 0.354 e. The minimum Gasteiger partial charge on any atom is -0.477 e. The molecule has 1 aliphatic rings. The molecule has 8 heteroatoms. The monoisotopic (exact) mass is 401 g/mol. The lowest BCUT2D eigenvalue weighted by molar-refractivity contribution is -0.121. The van der Waals surface area contributed by atoms with Crippen LogP contribution in [0.2, 0.25) is 0 Å². The number of carbonyl (C=O) groups excluding carboxylic acids is 2. The highest BCUT2D eigenvalue weighted by molar-refractivity contribution is 6.06. The fraction of sp³-hybridized carbons (Fsp3) is 0.524. The molecule has 29 heavy (non-hydrogen) atoms. The van der Waals surface area contributed by atoms with Crippen molar-refractivity contribution in [2.75, 3.05) is 18.4 Å². The van der Waals surface area contributed by atoms with E-state index in [4.69, 9.17) is 9.52 Å². The molecule has 8 nitrogen and oxygen atoms in total. The third-order valence-electron chi connectivity index (χ3n) is 5.64. The quantitative estimate of drug-likeness (QED) is 0.650. The zero-order chi connectivity index (χ0) is 21.0. The van der Waals surface area contributed by atoms with Gasteiger partial charge in [0, 0.05) is 12.0 Å². The Hall–Kier alpha value is -2.74. The summed E-state index contributed by atoms with van der Waals surface area (Å²) in [5, 5.41) is 11.9. The number of aromatic carboxylic acids is 1. The van der Waals surface area contributed by atoms with E-state index < -0.39 is 5.97 Å². The zero-order valence-electron chi connectivity index (χ0n) is 16.8. The van der Waals surface area contributed by atoms with Crippen molar-refractivity contribution >= 4 is 34.9 Å². The summed E-state index contributed by atoms with van der Waals surface area (Å²) in [6.07, 6.45) is 5.08. The van der Waals surface area contributed by atoms with E-state index in [1.807, 2.05) is 0 Å². The molecule has 0 aliphatic heterocycles. The van der Waals surface area contributed by atoms with E-state index in [2.05, 4.69) is 29.0 Å². The van der Waals surface area contributed by atoms with E-state index in [1.54, 1.807) is 0 Å². The van der Waals surface area contributed by atoms with E-state index in [0.29, 0.717) is 12.3 Å². The summed E-state index contributed by atoms with van der Waals surface area (Å²) >= 11 is 0. The Balaban J connectivity index is 1.74. The number of amides is 1. The van der Waals surface area contributed by atoms with Crippen molar-refractivity contribution in [1.29, 1.82) is 0 Å². The molecule has 156 valence electrons. The van der Waals surface area contributed by atoms with Crippen molar-refractivity contribution in [3.05, 3.63) is 23.6 Å². The first-order valence-electron chi connectivity index (χ1n) is 10.1. The van der Waals surface area contributed by atoms with Crippen LogP contribution in [0.1, 0.15) is 67.0 Å². The molecule has 0 radical (unpaired) electrons. The molecule has 3 rings (SSSR count). The average molecular weight is 401 g/mol. The van der Waals surface area contributed by atoms with Crippen LogP contribution >= 0.6 is 0 Å². The normalized spacial score (nSPS) is 19.4. The molecule has 2 heterocycles. The number of carboxylic acids is 1. The minimum atomic E-state index is -1.19. The second kappa shape index (κ2) is 9.17. The van der Waals surface area contributed by atoms with Gasteiger partial charge < -0.3 is 19.7 Å². The molecule has 0 atom stereocenters. The summed E-state index contributed by atoms with van der Waals surface area (Å²) in [6, 6.07) is 3.24. The van der Waals surface area contributed by atoms with Crippen LogP contribution in [0.25, 0.3) is 11.1 Å². The van der Waals surface area contributed by atoms with E-state index >= 15 is 0 Å². The lowest BCUT2D eigenvalue weighted by Crippen LogP contribution is -2.40. The number of carbonyl (C=O) groups is 3. The summed E-state index contributed by atoms with van der Waals surface area (Å²) in [4.78, 5) is 41.9. The van der Waals surface area contributed by atoms with Crippen molar-refractivity contribution < 1.29 is 23.9 Å². The zero-order valence-corrected chi connectivity index (χ0v) is 16.8. The highest BCUT2D eigenvalue weighted by Crippen LogP contribution is 2.32. The highest BCUT2D eigenvalue weighted by atomic mass is 16.4. The first-order valence-corrected chi connectivity index (χ1v) is 10.1. The topological polar surface area (TPSA) is 113 Å². The molecule has 2 aromatic rings. The Morgan fingerprint density at radius 3 is 2.59 bits per heavy atom. The van der Waals surface area contributed by atoms with Crippen LogP contribution in [0.3, 0.4) is 0 Å². The fourth-order valence-corrected chi connectivity index (χ4v) is 4.13. The Kier molecular flexibility index (Phi) is 6.64. The maximum absolute atomic E-state index is 12.8. The van der Waals surface area contributed by atoms with Gasteiger partial charge in [-0.3, -0.25) is 9.59 Å². The molecule has 0 spiro atoms. The highest BCUT2D eigenvalue weighted by Gasteiger charge is 2.30. The molecule has 1 saturated carbocycles. The number of carboxylic acid groups (broad SMARTS) is 1. The standard InChI is InChI=1S/C21H27N3O5/c1-3-11-24(4-2)14-7-5-13(6-8-14)20(26)23-19-17(12-25)29-16-10-9-15(21(27)28)22-18(16)19/h9-10,12-14H,3-8,11H2,1-2H3,(H,23,26)(H,27,28). The van der Waals surface area contributed by atoms with Gasteiger partial charge in [0.15, 0.2) is 17.6 Å². The number of nitrogens with one attached hydrogen (secondary N) is 1. The van der Waals surface area contributed by atoms with Crippen LogP contribution in [-0.2, 0) is 4.79 Å². The van der Waals surface area contributed by atoms with E-state index in [0.717, 1.165) is 45.2 Å². The van der Waals surface area contributed by atoms with E-state index in [1.165, 1.54) is 12.1 Å². The van der Waals surface area contributed by atoms with Gasteiger partial charge in [-0.2, -0.15) is 0 Å². The molecular weight excluding hydrogens is 374 g/mol. The second-order valence-corrected chi connectivity index (χ2v) is 7.43. The number of aromatic nitrogens is 1. The molecular formula is C21H27N3O5. The number of anilines is 1. The van der Waals surface area contributed by atoms with E-state index in [9.17, 15) is 14.4 Å². The summed E-state index contributed by atoms with van der Waals surface area (Å²) in [6.45, 7) is 6.42. The van der Waals surface area contributed by atoms with Gasteiger partial charge in [0.2, 0.25) is 5.91 Å². The first-order chi connectivity index (χ1) is 14.0. The van der Waals surface area contributed by atoms with Gasteiger partial charge in [-0.15, -0.1) is 0 Å². The molecule has 1 amide bonds. The van der Waals surface area contributed by atoms with Crippen molar-refractivity contribution in [3.63, 3.8) is 0 Å². The van der Waals surface area contributed by atoms with Crippen LogP contribution in [-0.4, -0.2) is 52.3 Å². The Morgan fingerprint density at radius 1 is 1.28 bits per heavy atom. The largest absolute Gasteiger partial charge is 0.477 e. The van der Waals surface area contributed by atoms with Crippen LogP contribution in [0.4, 0.5) is 5.69 Å². The van der Waals surface area contributed by atoms with Crippen LogP contribution in [0.5, 0.6) is 0 Å². The summed E-state index contributed by atoms with van der Waals surface area (Å²) in [5.74, 6) is -1.59. The molecule has 1 fully saturated rings. The number of hydrogen-bond acceptors (Lipinski definition) is 6. The van der Waals surface area contributed by atoms with Gasteiger partial charge in [0.1, 0.15) is 16.9 Å². The second-order valence-electron chi connectivity index (χ2n) is 7.43. The van der Waals surface area contributed by atoms with Crippen LogP contribution in [0.15, 0.2) is 16.5 Å². The third-order valence-corrected chi connectivity index (χ3v) is 5.64. The maximum atomic E-state index is 12.8. The van der Waals surface area contributed by atoms with Crippen molar-refractivity contribution in [2.45, 2.75) is 52.0 Å². The van der Waals surface area contributed by atoms with Gasteiger partial charge in [0.25, 0.3) is 0 Å². The molecule has 2 aromatic heterocycles. The molecule has 2 N–H and O–H groups in total. The van der Waals surface area contributed by atoms with Crippen LogP contribution in [0, 0.1) is 5.92 Å². The predicted octanol–water partition coefficient (Wildman–Crippen LogP) is 3.57. The minimum absolute atomic E-state index is 0.0582. The van der Waals surface area contributed by atoms with Gasteiger partial charge in [-0.25, -0.2) is 9.78 Å². The van der Waals surface area contributed by atoms with E-state index in [-0.39, 0.29) is 40.1 Å². The third kappa shape index (κ3) is 4.48. The Bertz CT molecular complexity index is 899. The average Bonchev–Trinajstić information content (AvgIpc) is 3.08. The molecule has 0 aromatic carbocycles. The number of hydrogen-bond donors (Lipinski definition) is 2. The summed E-state index contributed by atoms with van der Waals surface area (Å²) in [7, 11) is 0. The molecule has 1 aliphatic carbocycles. The van der Waals surface area contributed by atoms with Crippen molar-refractivity contribution in [1.82, 2.24) is 9.88 Å². The number of nitrogens with zero attached hydrogens (tertiary/aromatic N) is 2. The summed E-state index contributed by atoms with van der Waals surface area (Å²) < 4.78 is 5.42.